The Kier molecular flexibility index (Phi) is 5.87. The Bertz CT molecular complexity index is 1270. The van der Waals surface area contributed by atoms with E-state index in [0.29, 0.717) is 38.4 Å². The van der Waals surface area contributed by atoms with Crippen LogP contribution in [0.3, 0.4) is 0 Å². The van der Waals surface area contributed by atoms with Crippen molar-refractivity contribution in [1.29, 1.82) is 5.26 Å². The molecule has 31 heavy (non-hydrogen) atoms. The second kappa shape index (κ2) is 8.59. The first-order valence-corrected chi connectivity index (χ1v) is 11.2. The molecule has 1 aliphatic heterocycles. The number of carbonyl (C=O) groups is 1. The van der Waals surface area contributed by atoms with E-state index >= 15 is 0 Å². The molecule has 1 fully saturated rings. The Morgan fingerprint density at radius 3 is 2.52 bits per heavy atom. The maximum absolute atomic E-state index is 14.8. The van der Waals surface area contributed by atoms with Crippen molar-refractivity contribution in [2.75, 3.05) is 26.3 Å². The second-order valence-electron chi connectivity index (χ2n) is 7.26. The fourth-order valence-corrected chi connectivity index (χ4v) is 5.22. The zero-order valence-electron chi connectivity index (χ0n) is 16.6. The summed E-state index contributed by atoms with van der Waals surface area (Å²) < 4.78 is 47.9. The van der Waals surface area contributed by atoms with Crippen molar-refractivity contribution in [3.05, 3.63) is 65.6 Å². The lowest BCUT2D eigenvalue weighted by Gasteiger charge is -2.26. The number of rotatable bonds is 6. The molecular formula is C22H20FN3O4S. The average molecular weight is 441 g/mol. The standard InChI is InChI=1S/C22H20FN3O4S/c23-19-12-16-13-21(22(27)6-7-24)26(31(28,29)18-4-2-1-3-5-18)20(16)14-17(19)15-25-8-10-30-11-9-25/h1-5,12-14H,6,8-11,15H2. The largest absolute Gasteiger partial charge is 0.379 e. The number of halogens is 1. The predicted octanol–water partition coefficient (Wildman–Crippen LogP) is 2.95. The molecular weight excluding hydrogens is 421 g/mol. The van der Waals surface area contributed by atoms with Crippen molar-refractivity contribution < 1.29 is 22.3 Å². The lowest BCUT2D eigenvalue weighted by Crippen LogP contribution is -2.35. The van der Waals surface area contributed by atoms with Crippen LogP contribution in [0.4, 0.5) is 4.39 Å². The van der Waals surface area contributed by atoms with Crippen molar-refractivity contribution in [3.8, 4) is 6.07 Å². The van der Waals surface area contributed by atoms with Crippen LogP contribution in [-0.2, 0) is 21.3 Å². The monoisotopic (exact) mass is 441 g/mol. The molecule has 4 rings (SSSR count). The fourth-order valence-electron chi connectivity index (χ4n) is 3.68. The Morgan fingerprint density at radius 1 is 1.13 bits per heavy atom. The minimum absolute atomic E-state index is 0.00226. The number of ketones is 1. The Hall–Kier alpha value is -3.06. The predicted molar refractivity (Wildman–Crippen MR) is 112 cm³/mol. The lowest BCUT2D eigenvalue weighted by molar-refractivity contribution is 0.0337. The van der Waals surface area contributed by atoms with Crippen LogP contribution in [0.5, 0.6) is 0 Å². The maximum Gasteiger partial charge on any atom is 0.268 e. The van der Waals surface area contributed by atoms with Gasteiger partial charge in [0.05, 0.1) is 29.7 Å². The van der Waals surface area contributed by atoms with Crippen LogP contribution in [0, 0.1) is 17.1 Å². The number of nitrogens with zero attached hydrogens (tertiary/aromatic N) is 3. The number of hydrogen-bond acceptors (Lipinski definition) is 6. The van der Waals surface area contributed by atoms with Gasteiger partial charge in [0.2, 0.25) is 0 Å². The summed E-state index contributed by atoms with van der Waals surface area (Å²) in [6, 6.07) is 13.5. The summed E-state index contributed by atoms with van der Waals surface area (Å²) in [4.78, 5) is 14.6. The van der Waals surface area contributed by atoms with E-state index in [2.05, 4.69) is 0 Å². The molecule has 0 unspecified atom stereocenters. The molecule has 0 bridgehead atoms. The fraction of sp³-hybridized carbons (Fsp3) is 0.273. The third-order valence-corrected chi connectivity index (χ3v) is 6.97. The van der Waals surface area contributed by atoms with Gasteiger partial charge in [-0.1, -0.05) is 18.2 Å². The summed E-state index contributed by atoms with van der Waals surface area (Å²) in [5, 5.41) is 9.23. The van der Waals surface area contributed by atoms with Crippen LogP contribution < -0.4 is 0 Å². The van der Waals surface area contributed by atoms with E-state index in [9.17, 15) is 17.6 Å². The Labute approximate surface area is 179 Å². The lowest BCUT2D eigenvalue weighted by atomic mass is 10.1. The van der Waals surface area contributed by atoms with Gasteiger partial charge < -0.3 is 4.74 Å². The van der Waals surface area contributed by atoms with Gasteiger partial charge in [0.25, 0.3) is 10.0 Å². The first-order valence-electron chi connectivity index (χ1n) is 9.76. The van der Waals surface area contributed by atoms with Crippen molar-refractivity contribution in [2.45, 2.75) is 17.9 Å². The Balaban J connectivity index is 1.90. The zero-order valence-corrected chi connectivity index (χ0v) is 17.4. The molecule has 0 amide bonds. The van der Waals surface area contributed by atoms with E-state index in [-0.39, 0.29) is 21.5 Å². The van der Waals surface area contributed by atoms with Crippen LogP contribution in [-0.4, -0.2) is 49.4 Å². The van der Waals surface area contributed by atoms with E-state index in [4.69, 9.17) is 10.00 Å². The molecule has 7 nitrogen and oxygen atoms in total. The number of carbonyl (C=O) groups excluding carboxylic acids is 1. The number of aromatic nitrogens is 1. The van der Waals surface area contributed by atoms with Crippen LogP contribution in [0.2, 0.25) is 0 Å². The van der Waals surface area contributed by atoms with Crippen molar-refractivity contribution in [1.82, 2.24) is 8.87 Å². The molecule has 2 aromatic carbocycles. The summed E-state index contributed by atoms with van der Waals surface area (Å²) in [6.45, 7) is 2.69. The average Bonchev–Trinajstić information content (AvgIpc) is 3.14. The summed E-state index contributed by atoms with van der Waals surface area (Å²) in [7, 11) is -4.15. The van der Waals surface area contributed by atoms with Gasteiger partial charge >= 0.3 is 0 Å². The molecule has 9 heteroatoms. The molecule has 1 aliphatic rings. The highest BCUT2D eigenvalue weighted by atomic mass is 32.2. The van der Waals surface area contributed by atoms with Gasteiger partial charge in [-0.3, -0.25) is 9.69 Å². The number of Topliss-reactive ketones (excluding diaryl/α,β-unsaturated/α-hetero) is 1. The summed E-state index contributed by atoms with van der Waals surface area (Å²) in [5.41, 5.74) is 0.370. The molecule has 0 N–H and O–H groups in total. The van der Waals surface area contributed by atoms with Crippen molar-refractivity contribution in [2.24, 2.45) is 0 Å². The van der Waals surface area contributed by atoms with E-state index in [0.717, 1.165) is 3.97 Å². The third-order valence-electron chi connectivity index (χ3n) is 5.23. The molecule has 1 saturated heterocycles. The van der Waals surface area contributed by atoms with Gasteiger partial charge in [-0.2, -0.15) is 5.26 Å². The van der Waals surface area contributed by atoms with Gasteiger partial charge in [-0.05, 0) is 30.3 Å². The normalized spacial score (nSPS) is 15.1. The molecule has 0 radical (unpaired) electrons. The van der Waals surface area contributed by atoms with Gasteiger partial charge in [0, 0.05) is 30.6 Å². The quantitative estimate of drug-likeness (QED) is 0.546. The van der Waals surface area contributed by atoms with Crippen molar-refractivity contribution in [3.63, 3.8) is 0 Å². The number of morpholine rings is 1. The van der Waals surface area contributed by atoms with Crippen molar-refractivity contribution >= 4 is 26.7 Å². The summed E-state index contributed by atoms with van der Waals surface area (Å²) in [6.07, 6.45) is -0.482. The summed E-state index contributed by atoms with van der Waals surface area (Å²) >= 11 is 0. The van der Waals surface area contributed by atoms with Crippen LogP contribution >= 0.6 is 0 Å². The molecule has 0 atom stereocenters. The SMILES string of the molecule is N#CCC(=O)c1cc2cc(F)c(CN3CCOCC3)cc2n1S(=O)(=O)c1ccccc1. The van der Waals surface area contributed by atoms with E-state index in [1.165, 1.54) is 30.3 Å². The third kappa shape index (κ3) is 4.10. The highest BCUT2D eigenvalue weighted by Crippen LogP contribution is 2.29. The van der Waals surface area contributed by atoms with Crippen LogP contribution in [0.1, 0.15) is 22.5 Å². The minimum atomic E-state index is -4.15. The highest BCUT2D eigenvalue weighted by molar-refractivity contribution is 7.90. The molecule has 3 aromatic rings. The first-order chi connectivity index (χ1) is 14.9. The van der Waals surface area contributed by atoms with Crippen LogP contribution in [0.25, 0.3) is 10.9 Å². The smallest absolute Gasteiger partial charge is 0.268 e. The van der Waals surface area contributed by atoms with E-state index in [1.807, 2.05) is 4.90 Å². The van der Waals surface area contributed by atoms with Gasteiger partial charge in [0.15, 0.2) is 5.78 Å². The van der Waals surface area contributed by atoms with Crippen LogP contribution in [0.15, 0.2) is 53.4 Å². The molecule has 0 aliphatic carbocycles. The zero-order chi connectivity index (χ0) is 22.0. The van der Waals surface area contributed by atoms with Gasteiger partial charge in [-0.15, -0.1) is 0 Å². The second-order valence-corrected chi connectivity index (χ2v) is 9.05. The Morgan fingerprint density at radius 2 is 1.84 bits per heavy atom. The molecule has 1 aromatic heterocycles. The number of nitriles is 1. The number of benzene rings is 2. The molecule has 0 saturated carbocycles. The maximum atomic E-state index is 14.8. The minimum Gasteiger partial charge on any atom is -0.379 e. The first kappa shape index (κ1) is 21.2. The van der Waals surface area contributed by atoms with E-state index in [1.54, 1.807) is 24.3 Å². The summed E-state index contributed by atoms with van der Waals surface area (Å²) in [5.74, 6) is -1.12. The molecule has 2 heterocycles. The van der Waals surface area contributed by atoms with Gasteiger partial charge in [0.1, 0.15) is 17.9 Å². The topological polar surface area (TPSA) is 92.4 Å². The number of fused-ring (bicyclic) bond motifs is 1. The number of ether oxygens (including phenoxy) is 1. The molecule has 0 spiro atoms. The van der Waals surface area contributed by atoms with Gasteiger partial charge in [-0.25, -0.2) is 16.8 Å². The van der Waals surface area contributed by atoms with E-state index < -0.39 is 28.0 Å². The molecule has 160 valence electrons. The highest BCUT2D eigenvalue weighted by Gasteiger charge is 2.27. The number of hydrogen-bond donors (Lipinski definition) is 0.